The summed E-state index contributed by atoms with van der Waals surface area (Å²) in [6.45, 7) is 2.74. The second-order valence-electron chi connectivity index (χ2n) is 4.02. The summed E-state index contributed by atoms with van der Waals surface area (Å²) in [7, 11) is 0. The molecule has 0 aliphatic rings. The van der Waals surface area contributed by atoms with E-state index in [0.29, 0.717) is 24.5 Å². The number of nitrogens with zero attached hydrogens (tertiary/aromatic N) is 3. The number of benzene rings is 1. The standard InChI is InChI=1S/C13H16N4O2/c1-2-17(6-7-18)13(19)11-5-3-4-10(8-11)12-14-9-15-16-12/h3-5,8-9,18H,2,6-7H2,1H3,(H,14,15,16). The van der Waals surface area contributed by atoms with Crippen LogP contribution in [0.1, 0.15) is 17.3 Å². The average molecular weight is 260 g/mol. The second kappa shape index (κ2) is 6.10. The van der Waals surface area contributed by atoms with Gasteiger partial charge in [-0.05, 0) is 19.1 Å². The Kier molecular flexibility index (Phi) is 4.25. The van der Waals surface area contributed by atoms with Gasteiger partial charge in [-0.3, -0.25) is 9.89 Å². The zero-order chi connectivity index (χ0) is 13.7. The maximum absolute atomic E-state index is 12.3. The zero-order valence-electron chi connectivity index (χ0n) is 10.7. The van der Waals surface area contributed by atoms with Crippen molar-refractivity contribution in [3.8, 4) is 11.4 Å². The summed E-state index contributed by atoms with van der Waals surface area (Å²) in [5.74, 6) is 0.526. The van der Waals surface area contributed by atoms with Crippen molar-refractivity contribution in [3.05, 3.63) is 36.2 Å². The number of aromatic nitrogens is 3. The van der Waals surface area contributed by atoms with Crippen LogP contribution >= 0.6 is 0 Å². The van der Waals surface area contributed by atoms with Gasteiger partial charge in [-0.2, -0.15) is 5.10 Å². The minimum atomic E-state index is -0.0992. The SMILES string of the molecule is CCN(CCO)C(=O)c1cccc(-c2ncn[nH]2)c1. The Labute approximate surface area is 111 Å². The summed E-state index contributed by atoms with van der Waals surface area (Å²) in [5, 5.41) is 15.5. The number of aromatic amines is 1. The molecule has 1 amide bonds. The average Bonchev–Trinajstić information content (AvgIpc) is 2.98. The number of rotatable bonds is 5. The molecule has 0 unspecified atom stereocenters. The number of hydrogen-bond donors (Lipinski definition) is 2. The monoisotopic (exact) mass is 260 g/mol. The van der Waals surface area contributed by atoms with Gasteiger partial charge in [0.05, 0.1) is 6.61 Å². The molecule has 0 saturated heterocycles. The van der Waals surface area contributed by atoms with E-state index in [-0.39, 0.29) is 12.5 Å². The van der Waals surface area contributed by atoms with Gasteiger partial charge < -0.3 is 10.0 Å². The normalized spacial score (nSPS) is 10.4. The molecule has 0 atom stereocenters. The highest BCUT2D eigenvalue weighted by molar-refractivity contribution is 5.95. The quantitative estimate of drug-likeness (QED) is 0.837. The van der Waals surface area contributed by atoms with Crippen LogP contribution in [0.5, 0.6) is 0 Å². The first kappa shape index (κ1) is 13.2. The van der Waals surface area contributed by atoms with Gasteiger partial charge in [0.2, 0.25) is 0 Å². The van der Waals surface area contributed by atoms with Crippen LogP contribution in [0.15, 0.2) is 30.6 Å². The molecule has 1 aromatic heterocycles. The summed E-state index contributed by atoms with van der Waals surface area (Å²) in [6.07, 6.45) is 1.42. The topological polar surface area (TPSA) is 82.1 Å². The first-order valence-electron chi connectivity index (χ1n) is 6.12. The van der Waals surface area contributed by atoms with E-state index in [4.69, 9.17) is 5.11 Å². The van der Waals surface area contributed by atoms with E-state index in [2.05, 4.69) is 15.2 Å². The van der Waals surface area contributed by atoms with Crippen molar-refractivity contribution in [1.82, 2.24) is 20.1 Å². The van der Waals surface area contributed by atoms with E-state index in [1.807, 2.05) is 13.0 Å². The van der Waals surface area contributed by atoms with E-state index in [1.165, 1.54) is 6.33 Å². The van der Waals surface area contributed by atoms with Gasteiger partial charge in [-0.15, -0.1) is 0 Å². The molecule has 2 N–H and O–H groups in total. The maximum atomic E-state index is 12.3. The summed E-state index contributed by atoms with van der Waals surface area (Å²) in [4.78, 5) is 17.9. The minimum absolute atomic E-state index is 0.0403. The Bertz CT molecular complexity index is 539. The number of hydrogen-bond acceptors (Lipinski definition) is 4. The molecule has 100 valence electrons. The predicted octanol–water partition coefficient (Wildman–Crippen LogP) is 0.926. The first-order chi connectivity index (χ1) is 9.26. The fourth-order valence-electron chi connectivity index (χ4n) is 1.85. The van der Waals surface area contributed by atoms with Crippen molar-refractivity contribution < 1.29 is 9.90 Å². The second-order valence-corrected chi connectivity index (χ2v) is 4.02. The molecule has 1 heterocycles. The van der Waals surface area contributed by atoms with E-state index in [1.54, 1.807) is 23.1 Å². The third-order valence-corrected chi connectivity index (χ3v) is 2.84. The molecular weight excluding hydrogens is 244 g/mol. The van der Waals surface area contributed by atoms with Gasteiger partial charge in [-0.1, -0.05) is 12.1 Å². The molecule has 6 heteroatoms. The van der Waals surface area contributed by atoms with Crippen molar-refractivity contribution in [2.24, 2.45) is 0 Å². The highest BCUT2D eigenvalue weighted by Gasteiger charge is 2.14. The van der Waals surface area contributed by atoms with E-state index in [9.17, 15) is 4.79 Å². The zero-order valence-corrected chi connectivity index (χ0v) is 10.7. The lowest BCUT2D eigenvalue weighted by Gasteiger charge is -2.19. The van der Waals surface area contributed by atoms with Gasteiger partial charge in [0.15, 0.2) is 5.82 Å². The molecule has 0 spiro atoms. The van der Waals surface area contributed by atoms with Crippen molar-refractivity contribution in [2.75, 3.05) is 19.7 Å². The molecule has 0 saturated carbocycles. The molecule has 19 heavy (non-hydrogen) atoms. The Morgan fingerprint density at radius 2 is 2.32 bits per heavy atom. The van der Waals surface area contributed by atoms with E-state index < -0.39 is 0 Å². The third-order valence-electron chi connectivity index (χ3n) is 2.84. The highest BCUT2D eigenvalue weighted by atomic mass is 16.3. The van der Waals surface area contributed by atoms with Crippen LogP contribution in [0.4, 0.5) is 0 Å². The number of nitrogens with one attached hydrogen (secondary N) is 1. The number of carbonyl (C=O) groups is 1. The van der Waals surface area contributed by atoms with Crippen molar-refractivity contribution in [2.45, 2.75) is 6.92 Å². The fraction of sp³-hybridized carbons (Fsp3) is 0.308. The van der Waals surface area contributed by atoms with Crippen LogP contribution < -0.4 is 0 Å². The van der Waals surface area contributed by atoms with Crippen LogP contribution in [0.3, 0.4) is 0 Å². The fourth-order valence-corrected chi connectivity index (χ4v) is 1.85. The van der Waals surface area contributed by atoms with Crippen molar-refractivity contribution in [3.63, 3.8) is 0 Å². The van der Waals surface area contributed by atoms with Crippen LogP contribution in [-0.2, 0) is 0 Å². The third kappa shape index (κ3) is 2.97. The number of carbonyl (C=O) groups excluding carboxylic acids is 1. The molecule has 0 aliphatic carbocycles. The largest absolute Gasteiger partial charge is 0.395 e. The highest BCUT2D eigenvalue weighted by Crippen LogP contribution is 2.16. The number of aliphatic hydroxyl groups is 1. The predicted molar refractivity (Wildman–Crippen MR) is 70.5 cm³/mol. The summed E-state index contributed by atoms with van der Waals surface area (Å²) >= 11 is 0. The smallest absolute Gasteiger partial charge is 0.253 e. The van der Waals surface area contributed by atoms with Gasteiger partial charge in [0.1, 0.15) is 6.33 Å². The molecule has 6 nitrogen and oxygen atoms in total. The molecule has 0 aliphatic heterocycles. The van der Waals surface area contributed by atoms with Crippen LogP contribution in [0, 0.1) is 0 Å². The van der Waals surface area contributed by atoms with E-state index in [0.717, 1.165) is 5.56 Å². The summed E-state index contributed by atoms with van der Waals surface area (Å²) in [5.41, 5.74) is 1.38. The Hall–Kier alpha value is -2.21. The Morgan fingerprint density at radius 3 is 2.95 bits per heavy atom. The maximum Gasteiger partial charge on any atom is 0.253 e. The van der Waals surface area contributed by atoms with Gasteiger partial charge in [0.25, 0.3) is 5.91 Å². The molecule has 2 aromatic rings. The molecular formula is C13H16N4O2. The minimum Gasteiger partial charge on any atom is -0.395 e. The number of likely N-dealkylation sites (N-methyl/N-ethyl adjacent to an activating group) is 1. The number of amides is 1. The number of aliphatic hydroxyl groups excluding tert-OH is 1. The van der Waals surface area contributed by atoms with Crippen LogP contribution in [0.2, 0.25) is 0 Å². The molecule has 0 fully saturated rings. The van der Waals surface area contributed by atoms with Gasteiger partial charge >= 0.3 is 0 Å². The van der Waals surface area contributed by atoms with Crippen LogP contribution in [0.25, 0.3) is 11.4 Å². The molecule has 1 aromatic carbocycles. The Morgan fingerprint density at radius 1 is 1.47 bits per heavy atom. The van der Waals surface area contributed by atoms with Crippen molar-refractivity contribution >= 4 is 5.91 Å². The molecule has 2 rings (SSSR count). The Balaban J connectivity index is 2.25. The van der Waals surface area contributed by atoms with Crippen LogP contribution in [-0.4, -0.2) is 50.8 Å². The lowest BCUT2D eigenvalue weighted by atomic mass is 10.1. The lowest BCUT2D eigenvalue weighted by Crippen LogP contribution is -2.33. The summed E-state index contributed by atoms with van der Waals surface area (Å²) < 4.78 is 0. The lowest BCUT2D eigenvalue weighted by molar-refractivity contribution is 0.0732. The van der Waals surface area contributed by atoms with Gasteiger partial charge in [0, 0.05) is 24.2 Å². The van der Waals surface area contributed by atoms with E-state index >= 15 is 0 Å². The first-order valence-corrected chi connectivity index (χ1v) is 6.12. The number of H-pyrrole nitrogens is 1. The van der Waals surface area contributed by atoms with Crippen molar-refractivity contribution in [1.29, 1.82) is 0 Å². The molecule has 0 bridgehead atoms. The molecule has 0 radical (unpaired) electrons. The van der Waals surface area contributed by atoms with Gasteiger partial charge in [-0.25, -0.2) is 4.98 Å². The summed E-state index contributed by atoms with van der Waals surface area (Å²) in [6, 6.07) is 7.18.